The van der Waals surface area contributed by atoms with Gasteiger partial charge in [-0.1, -0.05) is 27.2 Å². The number of rotatable bonds is 5. The van der Waals surface area contributed by atoms with E-state index in [2.05, 4.69) is 16.9 Å². The second-order valence-corrected chi connectivity index (χ2v) is 6.04. The lowest BCUT2D eigenvalue weighted by Gasteiger charge is -2.01. The summed E-state index contributed by atoms with van der Waals surface area (Å²) in [7, 11) is 0. The molecule has 0 radical (unpaired) electrons. The summed E-state index contributed by atoms with van der Waals surface area (Å²) in [5.41, 5.74) is 8.27. The number of nitrogens with two attached hydrogens (primary N) is 1. The molecule has 0 aliphatic rings. The first kappa shape index (κ1) is 14.7. The molecule has 0 aliphatic carbocycles. The van der Waals surface area contributed by atoms with E-state index < -0.39 is 5.91 Å². The van der Waals surface area contributed by atoms with Crippen molar-refractivity contribution in [3.8, 4) is 10.6 Å². The van der Waals surface area contributed by atoms with Crippen LogP contribution in [0.25, 0.3) is 10.6 Å². The van der Waals surface area contributed by atoms with Crippen molar-refractivity contribution in [3.05, 3.63) is 34.6 Å². The van der Waals surface area contributed by atoms with Crippen LogP contribution in [0.15, 0.2) is 18.3 Å². The Bertz CT molecular complexity index is 619. The zero-order valence-electron chi connectivity index (χ0n) is 12.0. The van der Waals surface area contributed by atoms with Crippen LogP contribution in [0.5, 0.6) is 0 Å². The highest BCUT2D eigenvalue weighted by Gasteiger charge is 2.19. The van der Waals surface area contributed by atoms with Gasteiger partial charge in [0.2, 0.25) is 0 Å². The molecule has 2 heterocycles. The minimum absolute atomic E-state index is 0.180. The highest BCUT2D eigenvalue weighted by molar-refractivity contribution is 7.17. The first-order valence-electron chi connectivity index (χ1n) is 6.78. The molecule has 1 amide bonds. The molecule has 2 aromatic rings. The monoisotopic (exact) mass is 289 g/mol. The van der Waals surface area contributed by atoms with E-state index in [9.17, 15) is 4.79 Å². The van der Waals surface area contributed by atoms with E-state index in [4.69, 9.17) is 5.73 Å². The molecule has 20 heavy (non-hydrogen) atoms. The van der Waals surface area contributed by atoms with Gasteiger partial charge in [-0.3, -0.25) is 9.78 Å². The minimum atomic E-state index is -0.403. The second kappa shape index (κ2) is 6.13. The summed E-state index contributed by atoms with van der Waals surface area (Å²) in [5.74, 6) is -0.222. The number of amides is 1. The molecule has 0 atom stereocenters. The van der Waals surface area contributed by atoms with E-state index in [0.29, 0.717) is 4.88 Å². The van der Waals surface area contributed by atoms with Gasteiger partial charge >= 0.3 is 0 Å². The van der Waals surface area contributed by atoms with Crippen molar-refractivity contribution in [2.75, 3.05) is 0 Å². The lowest BCUT2D eigenvalue weighted by atomic mass is 10.1. The topological polar surface area (TPSA) is 68.9 Å². The first-order chi connectivity index (χ1) is 9.52. The van der Waals surface area contributed by atoms with E-state index in [-0.39, 0.29) is 5.92 Å². The zero-order valence-corrected chi connectivity index (χ0v) is 12.8. The molecule has 2 rings (SSSR count). The van der Waals surface area contributed by atoms with Crippen LogP contribution in [0.4, 0.5) is 0 Å². The summed E-state index contributed by atoms with van der Waals surface area (Å²) in [4.78, 5) is 21.0. The maximum Gasteiger partial charge on any atom is 0.260 e. The molecule has 0 bridgehead atoms. The highest BCUT2D eigenvalue weighted by Crippen LogP contribution is 2.31. The van der Waals surface area contributed by atoms with Crippen molar-refractivity contribution in [2.24, 2.45) is 5.73 Å². The largest absolute Gasteiger partial charge is 0.365 e. The van der Waals surface area contributed by atoms with Crippen LogP contribution in [-0.4, -0.2) is 15.9 Å². The summed E-state index contributed by atoms with van der Waals surface area (Å²) >= 11 is 1.36. The number of nitrogens with zero attached hydrogens (tertiary/aromatic N) is 2. The Morgan fingerprint density at radius 1 is 1.45 bits per heavy atom. The van der Waals surface area contributed by atoms with Crippen LogP contribution in [0.2, 0.25) is 0 Å². The van der Waals surface area contributed by atoms with Crippen LogP contribution in [0.1, 0.15) is 54.2 Å². The number of hydrogen-bond donors (Lipinski definition) is 1. The van der Waals surface area contributed by atoms with Gasteiger partial charge in [0.15, 0.2) is 0 Å². The predicted molar refractivity (Wildman–Crippen MR) is 81.9 cm³/mol. The molecule has 0 aromatic carbocycles. The fourth-order valence-electron chi connectivity index (χ4n) is 2.03. The quantitative estimate of drug-likeness (QED) is 0.917. The molecular weight excluding hydrogens is 270 g/mol. The Hall–Kier alpha value is -1.75. The smallest absolute Gasteiger partial charge is 0.260 e. The summed E-state index contributed by atoms with van der Waals surface area (Å²) in [5, 5.41) is 0.835. The minimum Gasteiger partial charge on any atom is -0.365 e. The predicted octanol–water partition coefficient (Wildman–Crippen LogP) is 3.38. The Labute approximate surface area is 123 Å². The van der Waals surface area contributed by atoms with Crippen LogP contribution in [-0.2, 0) is 6.42 Å². The Kier molecular flexibility index (Phi) is 4.49. The molecule has 4 nitrogen and oxygen atoms in total. The van der Waals surface area contributed by atoms with Gasteiger partial charge in [-0.2, -0.15) is 0 Å². The van der Waals surface area contributed by atoms with Crippen LogP contribution in [0.3, 0.4) is 0 Å². The number of carbonyl (C=O) groups excluding carboxylic acids is 1. The first-order valence-corrected chi connectivity index (χ1v) is 7.60. The standard InChI is InChI=1S/C15H19N3OS/c1-4-5-11-8-10(6-7-17-11)15-18-12(9(2)3)13(20-15)14(16)19/h6-9H,4-5H2,1-3H3,(H2,16,19). The number of pyridine rings is 1. The summed E-state index contributed by atoms with van der Waals surface area (Å²) in [6, 6.07) is 3.96. The average Bonchev–Trinajstić information content (AvgIpc) is 2.85. The van der Waals surface area contributed by atoms with Crippen molar-refractivity contribution in [1.29, 1.82) is 0 Å². The molecule has 2 aromatic heterocycles. The van der Waals surface area contributed by atoms with Gasteiger partial charge in [0.1, 0.15) is 9.88 Å². The van der Waals surface area contributed by atoms with E-state index in [1.54, 1.807) is 6.20 Å². The summed E-state index contributed by atoms with van der Waals surface area (Å²) < 4.78 is 0. The molecule has 0 saturated carbocycles. The van der Waals surface area contributed by atoms with Gasteiger partial charge in [-0.25, -0.2) is 4.98 Å². The van der Waals surface area contributed by atoms with Crippen LogP contribution < -0.4 is 5.73 Å². The van der Waals surface area contributed by atoms with Crippen molar-refractivity contribution in [2.45, 2.75) is 39.5 Å². The second-order valence-electron chi connectivity index (χ2n) is 5.04. The van der Waals surface area contributed by atoms with Crippen molar-refractivity contribution in [3.63, 3.8) is 0 Å². The van der Waals surface area contributed by atoms with E-state index >= 15 is 0 Å². The number of hydrogen-bond acceptors (Lipinski definition) is 4. The number of carbonyl (C=O) groups is 1. The SMILES string of the molecule is CCCc1cc(-c2nc(C(C)C)c(C(N)=O)s2)ccn1. The molecule has 2 N–H and O–H groups in total. The fourth-order valence-corrected chi connectivity index (χ4v) is 3.10. The Morgan fingerprint density at radius 3 is 2.75 bits per heavy atom. The number of primary amides is 1. The van der Waals surface area contributed by atoms with Gasteiger partial charge in [0, 0.05) is 17.5 Å². The molecule has 106 valence electrons. The summed E-state index contributed by atoms with van der Waals surface area (Å²) in [6.07, 6.45) is 3.79. The average molecular weight is 289 g/mol. The molecular formula is C15H19N3OS. The Balaban J connectivity index is 2.45. The molecule has 0 spiro atoms. The zero-order chi connectivity index (χ0) is 14.7. The number of aryl methyl sites for hydroxylation is 1. The van der Waals surface area contributed by atoms with Gasteiger partial charge in [-0.15, -0.1) is 11.3 Å². The lowest BCUT2D eigenvalue weighted by Crippen LogP contribution is -2.12. The lowest BCUT2D eigenvalue weighted by molar-refractivity contribution is 0.100. The summed E-state index contributed by atoms with van der Waals surface area (Å²) in [6.45, 7) is 6.15. The third kappa shape index (κ3) is 3.04. The molecule has 5 heteroatoms. The van der Waals surface area contributed by atoms with Gasteiger partial charge < -0.3 is 5.73 Å². The van der Waals surface area contributed by atoms with Crippen LogP contribution in [0, 0.1) is 0 Å². The third-order valence-electron chi connectivity index (χ3n) is 2.99. The Morgan fingerprint density at radius 2 is 2.20 bits per heavy atom. The normalized spacial score (nSPS) is 11.0. The van der Waals surface area contributed by atoms with E-state index in [1.165, 1.54) is 11.3 Å². The maximum atomic E-state index is 11.5. The molecule has 0 aliphatic heterocycles. The number of thiazole rings is 1. The van der Waals surface area contributed by atoms with E-state index in [0.717, 1.165) is 34.8 Å². The highest BCUT2D eigenvalue weighted by atomic mass is 32.1. The third-order valence-corrected chi connectivity index (χ3v) is 4.13. The van der Waals surface area contributed by atoms with Gasteiger partial charge in [0.05, 0.1) is 5.69 Å². The maximum absolute atomic E-state index is 11.5. The van der Waals surface area contributed by atoms with Gasteiger partial charge in [-0.05, 0) is 24.5 Å². The van der Waals surface area contributed by atoms with Gasteiger partial charge in [0.25, 0.3) is 5.91 Å². The van der Waals surface area contributed by atoms with Crippen molar-refractivity contribution >= 4 is 17.2 Å². The molecule has 0 saturated heterocycles. The fraction of sp³-hybridized carbons (Fsp3) is 0.400. The van der Waals surface area contributed by atoms with Crippen molar-refractivity contribution in [1.82, 2.24) is 9.97 Å². The van der Waals surface area contributed by atoms with Crippen molar-refractivity contribution < 1.29 is 4.79 Å². The van der Waals surface area contributed by atoms with Crippen LogP contribution >= 0.6 is 11.3 Å². The number of aromatic nitrogens is 2. The van der Waals surface area contributed by atoms with E-state index in [1.807, 2.05) is 26.0 Å². The molecule has 0 fully saturated rings. The molecule has 0 unspecified atom stereocenters.